The van der Waals surface area contributed by atoms with Crippen molar-refractivity contribution in [3.63, 3.8) is 0 Å². The molecule has 26 heavy (non-hydrogen) atoms. The first-order valence-electron chi connectivity index (χ1n) is 9.52. The third-order valence-corrected chi connectivity index (χ3v) is 4.86. The number of carbonyl (C=O) groups is 1. The van der Waals surface area contributed by atoms with Crippen LogP contribution in [0.4, 0.5) is 4.79 Å². The highest BCUT2D eigenvalue weighted by Crippen LogP contribution is 2.37. The summed E-state index contributed by atoms with van der Waals surface area (Å²) in [5.74, 6) is 0.532. The van der Waals surface area contributed by atoms with E-state index in [0.717, 1.165) is 19.3 Å². The van der Waals surface area contributed by atoms with Crippen LogP contribution < -0.4 is 5.32 Å². The summed E-state index contributed by atoms with van der Waals surface area (Å²) in [6, 6.07) is -0.0180. The van der Waals surface area contributed by atoms with Crippen LogP contribution in [0.5, 0.6) is 0 Å². The molecular weight excluding hydrogens is 330 g/mol. The van der Waals surface area contributed by atoms with Crippen LogP contribution in [0, 0.1) is 17.8 Å². The number of allylic oxidation sites excluding steroid dienone is 4. The number of hydrogen-bond donors (Lipinski definition) is 2. The molecule has 0 spiro atoms. The van der Waals surface area contributed by atoms with Gasteiger partial charge in [0.15, 0.2) is 6.29 Å². The van der Waals surface area contributed by atoms with Gasteiger partial charge in [0.1, 0.15) is 5.60 Å². The van der Waals surface area contributed by atoms with Gasteiger partial charge >= 0.3 is 6.09 Å². The zero-order valence-electron chi connectivity index (χ0n) is 16.2. The predicted octanol–water partition coefficient (Wildman–Crippen LogP) is 3.95. The number of amides is 1. The predicted molar refractivity (Wildman–Crippen MR) is 103 cm³/mol. The van der Waals surface area contributed by atoms with E-state index in [1.807, 2.05) is 39.0 Å². The Labute approximate surface area is 157 Å². The molecule has 0 aromatic carbocycles. The van der Waals surface area contributed by atoms with Crippen molar-refractivity contribution in [2.75, 3.05) is 6.61 Å². The molecule has 0 bridgehead atoms. The minimum Gasteiger partial charge on any atom is -0.444 e. The molecule has 0 saturated heterocycles. The number of aliphatic hydroxyl groups excluding tert-OH is 1. The molecule has 1 saturated carbocycles. The lowest BCUT2D eigenvalue weighted by Crippen LogP contribution is -2.38. The minimum atomic E-state index is -0.829. The standard InChI is InChI=1S/C21H33NO4/c1-5-9-16-12-17(22-20(24)26-21(2,3)4)13-18(16)19(23)25-14-15-10-7-6-8-11-15/h5-8,10,15-19,23H,1,9,11-14H2,2-4H3,(H,22,24)/t15?,16?,17?,18-,19?/m1/s1. The molecule has 1 amide bonds. The minimum absolute atomic E-state index is 0.0175. The molecule has 0 heterocycles. The number of hydrogen-bond acceptors (Lipinski definition) is 4. The molecule has 2 rings (SSSR count). The molecule has 0 aliphatic heterocycles. The molecule has 0 aromatic rings. The Kier molecular flexibility index (Phi) is 7.47. The Morgan fingerprint density at radius 1 is 1.38 bits per heavy atom. The van der Waals surface area contributed by atoms with Gasteiger partial charge in [-0.2, -0.15) is 0 Å². The first kappa shape index (κ1) is 20.7. The van der Waals surface area contributed by atoms with Gasteiger partial charge in [-0.05, 0) is 52.4 Å². The summed E-state index contributed by atoms with van der Waals surface area (Å²) in [4.78, 5) is 12.0. The first-order valence-corrected chi connectivity index (χ1v) is 9.52. The van der Waals surface area contributed by atoms with Crippen molar-refractivity contribution in [1.82, 2.24) is 5.32 Å². The Morgan fingerprint density at radius 2 is 2.15 bits per heavy atom. The van der Waals surface area contributed by atoms with Gasteiger partial charge in [0.25, 0.3) is 0 Å². The average Bonchev–Trinajstić information content (AvgIpc) is 2.94. The summed E-state index contributed by atoms with van der Waals surface area (Å²) in [5, 5.41) is 13.5. The topological polar surface area (TPSA) is 67.8 Å². The van der Waals surface area contributed by atoms with E-state index in [-0.39, 0.29) is 17.9 Å². The Hall–Kier alpha value is -1.59. The van der Waals surface area contributed by atoms with Crippen molar-refractivity contribution < 1.29 is 19.4 Å². The second kappa shape index (κ2) is 9.38. The number of nitrogens with one attached hydrogen (secondary N) is 1. The lowest BCUT2D eigenvalue weighted by atomic mass is 9.92. The maximum absolute atomic E-state index is 12.0. The van der Waals surface area contributed by atoms with E-state index in [1.54, 1.807) is 0 Å². The number of carbonyl (C=O) groups excluding carboxylic acids is 1. The average molecular weight is 363 g/mol. The van der Waals surface area contributed by atoms with Crippen molar-refractivity contribution in [1.29, 1.82) is 0 Å². The van der Waals surface area contributed by atoms with Gasteiger partial charge in [-0.25, -0.2) is 4.79 Å². The SMILES string of the molecule is C=CCC1CC(NC(=O)OC(C)(C)C)C[C@H]1C(O)OCC1C=CC=CC1. The summed E-state index contributed by atoms with van der Waals surface area (Å²) >= 11 is 0. The molecule has 1 fully saturated rings. The number of rotatable bonds is 7. The maximum Gasteiger partial charge on any atom is 0.407 e. The fourth-order valence-corrected chi connectivity index (χ4v) is 3.69. The molecule has 146 valence electrons. The van der Waals surface area contributed by atoms with E-state index in [1.165, 1.54) is 0 Å². The van der Waals surface area contributed by atoms with Crippen LogP contribution >= 0.6 is 0 Å². The zero-order chi connectivity index (χ0) is 19.2. The van der Waals surface area contributed by atoms with Crippen LogP contribution in [-0.4, -0.2) is 35.7 Å². The third kappa shape index (κ3) is 6.61. The highest BCUT2D eigenvalue weighted by atomic mass is 16.6. The van der Waals surface area contributed by atoms with Gasteiger partial charge in [-0.1, -0.05) is 30.4 Å². The van der Waals surface area contributed by atoms with Crippen molar-refractivity contribution in [3.8, 4) is 0 Å². The van der Waals surface area contributed by atoms with Gasteiger partial charge in [0, 0.05) is 17.9 Å². The molecule has 4 unspecified atom stereocenters. The summed E-state index contributed by atoms with van der Waals surface area (Å²) in [6.45, 7) is 9.86. The smallest absolute Gasteiger partial charge is 0.407 e. The van der Waals surface area contributed by atoms with E-state index >= 15 is 0 Å². The molecule has 5 heteroatoms. The van der Waals surface area contributed by atoms with Gasteiger partial charge in [0.2, 0.25) is 0 Å². The molecule has 2 aliphatic rings. The lowest BCUT2D eigenvalue weighted by molar-refractivity contribution is -0.147. The largest absolute Gasteiger partial charge is 0.444 e. The summed E-state index contributed by atoms with van der Waals surface area (Å²) < 4.78 is 11.1. The van der Waals surface area contributed by atoms with Gasteiger partial charge < -0.3 is 19.9 Å². The number of alkyl carbamates (subject to hydrolysis) is 1. The van der Waals surface area contributed by atoms with E-state index in [4.69, 9.17) is 9.47 Å². The second-order valence-corrected chi connectivity index (χ2v) is 8.30. The summed E-state index contributed by atoms with van der Waals surface area (Å²) in [7, 11) is 0. The van der Waals surface area contributed by atoms with Crippen LogP contribution in [0.2, 0.25) is 0 Å². The zero-order valence-corrected chi connectivity index (χ0v) is 16.2. The van der Waals surface area contributed by atoms with Gasteiger partial charge in [-0.3, -0.25) is 0 Å². The Balaban J connectivity index is 1.86. The third-order valence-electron chi connectivity index (χ3n) is 4.86. The Bertz CT molecular complexity index is 535. The highest BCUT2D eigenvalue weighted by Gasteiger charge is 2.39. The monoisotopic (exact) mass is 363 g/mol. The second-order valence-electron chi connectivity index (χ2n) is 8.30. The first-order chi connectivity index (χ1) is 12.3. The van der Waals surface area contributed by atoms with Gasteiger partial charge in [0.05, 0.1) is 6.61 Å². The fourth-order valence-electron chi connectivity index (χ4n) is 3.69. The van der Waals surface area contributed by atoms with Crippen LogP contribution in [0.15, 0.2) is 37.0 Å². The molecule has 0 radical (unpaired) electrons. The molecule has 2 aliphatic carbocycles. The van der Waals surface area contributed by atoms with Crippen molar-refractivity contribution in [2.24, 2.45) is 17.8 Å². The van der Waals surface area contributed by atoms with Crippen LogP contribution in [0.3, 0.4) is 0 Å². The van der Waals surface area contributed by atoms with Crippen molar-refractivity contribution >= 4 is 6.09 Å². The fraction of sp³-hybridized carbons (Fsp3) is 0.667. The van der Waals surface area contributed by atoms with E-state index in [0.29, 0.717) is 18.9 Å². The van der Waals surface area contributed by atoms with E-state index in [2.05, 4.69) is 24.0 Å². The summed E-state index contributed by atoms with van der Waals surface area (Å²) in [6.07, 6.45) is 12.1. The van der Waals surface area contributed by atoms with Gasteiger partial charge in [-0.15, -0.1) is 6.58 Å². The molecule has 5 nitrogen and oxygen atoms in total. The molecular formula is C21H33NO4. The lowest BCUT2D eigenvalue weighted by Gasteiger charge is -2.25. The van der Waals surface area contributed by atoms with E-state index < -0.39 is 18.0 Å². The van der Waals surface area contributed by atoms with E-state index in [9.17, 15) is 9.90 Å². The number of aliphatic hydroxyl groups is 1. The highest BCUT2D eigenvalue weighted by molar-refractivity contribution is 5.68. The number of ether oxygens (including phenoxy) is 2. The quantitative estimate of drug-likeness (QED) is 0.531. The van der Waals surface area contributed by atoms with Crippen LogP contribution in [0.25, 0.3) is 0 Å². The Morgan fingerprint density at radius 3 is 2.77 bits per heavy atom. The van der Waals surface area contributed by atoms with Crippen LogP contribution in [0.1, 0.15) is 46.5 Å². The molecule has 2 N–H and O–H groups in total. The maximum atomic E-state index is 12.0. The van der Waals surface area contributed by atoms with Crippen molar-refractivity contribution in [3.05, 3.63) is 37.0 Å². The normalized spacial score (nSPS) is 29.4. The van der Waals surface area contributed by atoms with Crippen molar-refractivity contribution in [2.45, 2.75) is 64.4 Å². The molecule has 0 aromatic heterocycles. The summed E-state index contributed by atoms with van der Waals surface area (Å²) in [5.41, 5.74) is -0.521. The van der Waals surface area contributed by atoms with Crippen LogP contribution in [-0.2, 0) is 9.47 Å². The molecule has 5 atom stereocenters.